The third-order valence-corrected chi connectivity index (χ3v) is 3.90. The van der Waals surface area contributed by atoms with Crippen LogP contribution in [-0.4, -0.2) is 52.4 Å². The summed E-state index contributed by atoms with van der Waals surface area (Å²) in [4.78, 5) is 13.6. The normalized spacial score (nSPS) is 22.1. The maximum Gasteiger partial charge on any atom is 0.410 e. The van der Waals surface area contributed by atoms with Gasteiger partial charge < -0.3 is 14.7 Å². The monoisotopic (exact) mass is 275 g/mol. The average Bonchev–Trinajstić information content (AvgIpc) is 2.72. The summed E-state index contributed by atoms with van der Waals surface area (Å²) >= 11 is 1.74. The predicted molar refractivity (Wildman–Crippen MR) is 74.9 cm³/mol. The number of likely N-dealkylation sites (tertiary alicyclic amines) is 1. The van der Waals surface area contributed by atoms with Crippen molar-refractivity contribution < 1.29 is 14.6 Å². The van der Waals surface area contributed by atoms with Crippen LogP contribution in [0.1, 0.15) is 34.1 Å². The van der Waals surface area contributed by atoms with Crippen molar-refractivity contribution in [3.8, 4) is 0 Å². The van der Waals surface area contributed by atoms with E-state index < -0.39 is 5.60 Å². The van der Waals surface area contributed by atoms with Crippen molar-refractivity contribution in [2.24, 2.45) is 5.92 Å². The summed E-state index contributed by atoms with van der Waals surface area (Å²) in [5, 5.41) is 10.0. The molecule has 0 saturated carbocycles. The lowest BCUT2D eigenvalue weighted by molar-refractivity contribution is 0.0274. The van der Waals surface area contributed by atoms with Gasteiger partial charge in [-0.2, -0.15) is 11.8 Å². The standard InChI is InChI=1S/C13H25NO3S/c1-5-18-9-11(15)10-6-7-14(8-10)12(16)17-13(2,3)4/h10-11,15H,5-9H2,1-4H3/t10-,11-/m0/s1. The van der Waals surface area contributed by atoms with Crippen LogP contribution in [0.2, 0.25) is 0 Å². The molecule has 1 aliphatic heterocycles. The number of rotatable bonds is 4. The number of ether oxygens (including phenoxy) is 1. The Morgan fingerprint density at radius 2 is 2.22 bits per heavy atom. The molecule has 0 bridgehead atoms. The highest BCUT2D eigenvalue weighted by Gasteiger charge is 2.33. The van der Waals surface area contributed by atoms with Crippen LogP contribution in [0.5, 0.6) is 0 Å². The van der Waals surface area contributed by atoms with Gasteiger partial charge in [-0.15, -0.1) is 0 Å². The third-order valence-electron chi connectivity index (χ3n) is 2.91. The fraction of sp³-hybridized carbons (Fsp3) is 0.923. The average molecular weight is 275 g/mol. The molecule has 0 aromatic heterocycles. The van der Waals surface area contributed by atoms with Gasteiger partial charge in [-0.1, -0.05) is 6.92 Å². The Kier molecular flexibility index (Phi) is 5.79. The zero-order valence-corrected chi connectivity index (χ0v) is 12.6. The van der Waals surface area contributed by atoms with Crippen LogP contribution in [0.4, 0.5) is 4.79 Å². The summed E-state index contributed by atoms with van der Waals surface area (Å²) in [6, 6.07) is 0. The molecule has 1 rings (SSSR count). The van der Waals surface area contributed by atoms with Crippen molar-refractivity contribution in [2.75, 3.05) is 24.6 Å². The maximum atomic E-state index is 11.9. The molecule has 1 saturated heterocycles. The maximum absolute atomic E-state index is 11.9. The quantitative estimate of drug-likeness (QED) is 0.855. The van der Waals surface area contributed by atoms with Gasteiger partial charge in [-0.3, -0.25) is 0 Å². The number of amides is 1. The van der Waals surface area contributed by atoms with Crippen molar-refractivity contribution in [2.45, 2.75) is 45.8 Å². The van der Waals surface area contributed by atoms with E-state index in [-0.39, 0.29) is 18.1 Å². The van der Waals surface area contributed by atoms with E-state index in [1.54, 1.807) is 16.7 Å². The number of thioether (sulfide) groups is 1. The van der Waals surface area contributed by atoms with Gasteiger partial charge >= 0.3 is 6.09 Å². The van der Waals surface area contributed by atoms with Gasteiger partial charge in [0.2, 0.25) is 0 Å². The molecule has 5 heteroatoms. The van der Waals surface area contributed by atoms with Gasteiger partial charge in [0.15, 0.2) is 0 Å². The lowest BCUT2D eigenvalue weighted by Crippen LogP contribution is -2.36. The molecule has 1 fully saturated rings. The zero-order valence-electron chi connectivity index (χ0n) is 11.8. The Morgan fingerprint density at radius 3 is 2.78 bits per heavy atom. The molecule has 0 spiro atoms. The summed E-state index contributed by atoms with van der Waals surface area (Å²) in [6.45, 7) is 8.98. The Morgan fingerprint density at radius 1 is 1.56 bits per heavy atom. The minimum Gasteiger partial charge on any atom is -0.444 e. The van der Waals surface area contributed by atoms with Crippen LogP contribution < -0.4 is 0 Å². The van der Waals surface area contributed by atoms with Crippen molar-refractivity contribution in [3.05, 3.63) is 0 Å². The molecule has 1 N–H and O–H groups in total. The molecule has 4 nitrogen and oxygen atoms in total. The topological polar surface area (TPSA) is 49.8 Å². The van der Waals surface area contributed by atoms with E-state index in [9.17, 15) is 9.90 Å². The predicted octanol–water partition coefficient (Wildman–Crippen LogP) is 2.36. The lowest BCUT2D eigenvalue weighted by atomic mass is 10.0. The van der Waals surface area contributed by atoms with Crippen molar-refractivity contribution in [1.29, 1.82) is 0 Å². The smallest absolute Gasteiger partial charge is 0.410 e. The Bertz CT molecular complexity index is 278. The molecular formula is C13H25NO3S. The summed E-state index contributed by atoms with van der Waals surface area (Å²) in [7, 11) is 0. The summed E-state index contributed by atoms with van der Waals surface area (Å²) in [6.07, 6.45) is 0.285. The molecule has 0 unspecified atom stereocenters. The Labute approximate surface area is 114 Å². The van der Waals surface area contributed by atoms with Crippen LogP contribution in [0.15, 0.2) is 0 Å². The number of carbonyl (C=O) groups is 1. The van der Waals surface area contributed by atoms with Crippen LogP contribution in [0.25, 0.3) is 0 Å². The highest BCUT2D eigenvalue weighted by Crippen LogP contribution is 2.23. The van der Waals surface area contributed by atoms with Gasteiger partial charge in [0.25, 0.3) is 0 Å². The third kappa shape index (κ3) is 5.06. The molecule has 1 heterocycles. The zero-order chi connectivity index (χ0) is 13.8. The highest BCUT2D eigenvalue weighted by molar-refractivity contribution is 7.99. The summed E-state index contributed by atoms with van der Waals surface area (Å²) < 4.78 is 5.33. The fourth-order valence-corrected chi connectivity index (χ4v) is 2.72. The largest absolute Gasteiger partial charge is 0.444 e. The van der Waals surface area contributed by atoms with E-state index in [0.717, 1.165) is 17.9 Å². The van der Waals surface area contributed by atoms with Gasteiger partial charge in [0, 0.05) is 24.8 Å². The van der Waals surface area contributed by atoms with Crippen LogP contribution >= 0.6 is 11.8 Å². The molecule has 18 heavy (non-hydrogen) atoms. The number of hydrogen-bond acceptors (Lipinski definition) is 4. The van der Waals surface area contributed by atoms with Gasteiger partial charge in [-0.05, 0) is 32.9 Å². The van der Waals surface area contributed by atoms with E-state index in [2.05, 4.69) is 6.92 Å². The molecule has 1 amide bonds. The first-order valence-electron chi connectivity index (χ1n) is 6.57. The first kappa shape index (κ1) is 15.6. The summed E-state index contributed by atoms with van der Waals surface area (Å²) in [5.41, 5.74) is -0.453. The van der Waals surface area contributed by atoms with Crippen LogP contribution in [-0.2, 0) is 4.74 Å². The van der Waals surface area contributed by atoms with Crippen LogP contribution in [0.3, 0.4) is 0 Å². The number of hydrogen-bond donors (Lipinski definition) is 1. The first-order valence-corrected chi connectivity index (χ1v) is 7.72. The SMILES string of the molecule is CCSC[C@H](O)[C@H]1CCN(C(=O)OC(C)(C)C)C1. The van der Waals surface area contributed by atoms with Gasteiger partial charge in [-0.25, -0.2) is 4.79 Å². The van der Waals surface area contributed by atoms with E-state index in [0.29, 0.717) is 13.1 Å². The fourth-order valence-electron chi connectivity index (χ4n) is 1.97. The molecule has 106 valence electrons. The number of aliphatic hydroxyl groups is 1. The Hall–Kier alpha value is -0.420. The number of aliphatic hydroxyl groups excluding tert-OH is 1. The van der Waals surface area contributed by atoms with Crippen molar-refractivity contribution in [3.63, 3.8) is 0 Å². The molecule has 0 aromatic carbocycles. The molecule has 0 aromatic rings. The van der Waals surface area contributed by atoms with Crippen molar-refractivity contribution >= 4 is 17.9 Å². The Balaban J connectivity index is 2.38. The highest BCUT2D eigenvalue weighted by atomic mass is 32.2. The minimum atomic E-state index is -0.453. The lowest BCUT2D eigenvalue weighted by Gasteiger charge is -2.25. The number of carbonyl (C=O) groups excluding carboxylic acids is 1. The summed E-state index contributed by atoms with van der Waals surface area (Å²) in [5.74, 6) is 1.96. The van der Waals surface area contributed by atoms with E-state index in [1.165, 1.54) is 0 Å². The van der Waals surface area contributed by atoms with Gasteiger partial charge in [0.05, 0.1) is 6.10 Å². The molecule has 1 aliphatic rings. The van der Waals surface area contributed by atoms with E-state index in [1.807, 2.05) is 20.8 Å². The second kappa shape index (κ2) is 6.66. The van der Waals surface area contributed by atoms with E-state index in [4.69, 9.17) is 4.74 Å². The second-order valence-corrected chi connectivity index (χ2v) is 7.02. The molecular weight excluding hydrogens is 250 g/mol. The van der Waals surface area contributed by atoms with Gasteiger partial charge in [0.1, 0.15) is 5.60 Å². The minimum absolute atomic E-state index is 0.191. The van der Waals surface area contributed by atoms with Crippen LogP contribution in [0, 0.1) is 5.92 Å². The molecule has 0 radical (unpaired) electrons. The number of nitrogens with zero attached hydrogens (tertiary/aromatic N) is 1. The molecule has 0 aliphatic carbocycles. The van der Waals surface area contributed by atoms with E-state index >= 15 is 0 Å². The van der Waals surface area contributed by atoms with Crippen molar-refractivity contribution in [1.82, 2.24) is 4.90 Å². The second-order valence-electron chi connectivity index (χ2n) is 5.70. The first-order chi connectivity index (χ1) is 8.33. The molecule has 2 atom stereocenters.